The minimum absolute atomic E-state index is 0.289. The normalized spacial score (nSPS) is 16.7. The highest BCUT2D eigenvalue weighted by molar-refractivity contribution is 7.80. The van der Waals surface area contributed by atoms with E-state index in [0.29, 0.717) is 28.8 Å². The number of hydrogen-bond acceptors (Lipinski definition) is 6. The third-order valence-corrected chi connectivity index (χ3v) is 4.43. The number of benzene rings is 1. The third kappa shape index (κ3) is 6.98. The number of nitrogens with one attached hydrogen (secondary N) is 2. The van der Waals surface area contributed by atoms with Crippen LogP contribution < -0.4 is 10.8 Å². The predicted molar refractivity (Wildman–Crippen MR) is 121 cm³/mol. The zero-order chi connectivity index (χ0) is 21.8. The van der Waals surface area contributed by atoms with E-state index in [0.717, 1.165) is 11.3 Å². The lowest BCUT2D eigenvalue weighted by Crippen LogP contribution is -2.25. The molecule has 0 bridgehead atoms. The first-order valence-corrected chi connectivity index (χ1v) is 9.61. The molecule has 7 nitrogen and oxygen atoms in total. The number of amidine groups is 1. The number of rotatable bonds is 9. The van der Waals surface area contributed by atoms with E-state index < -0.39 is 0 Å². The first kappa shape index (κ1) is 23.1. The van der Waals surface area contributed by atoms with Gasteiger partial charge in [-0.25, -0.2) is 5.48 Å². The SMILES string of the molecule is CN=C(NOC=O)C1=CC=CC(OC/C=C(\C)NC(=S)c2ccccc2)C(OC)=C1. The Morgan fingerprint density at radius 3 is 2.73 bits per heavy atom. The maximum Gasteiger partial charge on any atom is 0.320 e. The van der Waals surface area contributed by atoms with Crippen LogP contribution in [0.2, 0.25) is 0 Å². The molecule has 1 aliphatic carbocycles. The average Bonchev–Trinajstić information content (AvgIpc) is 2.97. The van der Waals surface area contributed by atoms with Gasteiger partial charge in [0.2, 0.25) is 0 Å². The topological polar surface area (TPSA) is 81.2 Å². The first-order chi connectivity index (χ1) is 14.6. The van der Waals surface area contributed by atoms with Crippen molar-refractivity contribution in [3.05, 3.63) is 83.3 Å². The Labute approximate surface area is 181 Å². The molecule has 1 unspecified atom stereocenters. The summed E-state index contributed by atoms with van der Waals surface area (Å²) in [5.74, 6) is 0.971. The van der Waals surface area contributed by atoms with E-state index in [1.165, 1.54) is 0 Å². The van der Waals surface area contributed by atoms with E-state index in [2.05, 4.69) is 20.6 Å². The molecule has 0 aliphatic heterocycles. The van der Waals surface area contributed by atoms with Gasteiger partial charge in [0.1, 0.15) is 16.9 Å². The van der Waals surface area contributed by atoms with Gasteiger partial charge in [-0.05, 0) is 25.2 Å². The fraction of sp³-hybridized carbons (Fsp3) is 0.227. The van der Waals surface area contributed by atoms with Gasteiger partial charge in [-0.3, -0.25) is 9.79 Å². The number of hydrogen-bond donors (Lipinski definition) is 2. The van der Waals surface area contributed by atoms with Crippen LogP contribution in [0, 0.1) is 0 Å². The lowest BCUT2D eigenvalue weighted by molar-refractivity contribution is -0.132. The maximum absolute atomic E-state index is 10.4. The predicted octanol–water partition coefficient (Wildman–Crippen LogP) is 2.97. The lowest BCUT2D eigenvalue weighted by atomic mass is 10.2. The monoisotopic (exact) mass is 427 g/mol. The van der Waals surface area contributed by atoms with Gasteiger partial charge in [0.15, 0.2) is 5.84 Å². The van der Waals surface area contributed by atoms with Crippen LogP contribution >= 0.6 is 12.2 Å². The van der Waals surface area contributed by atoms with Crippen molar-refractivity contribution < 1.29 is 19.1 Å². The Kier molecular flexibility index (Phi) is 9.50. The van der Waals surface area contributed by atoms with Crippen molar-refractivity contribution in [2.45, 2.75) is 13.0 Å². The van der Waals surface area contributed by atoms with E-state index in [1.807, 2.05) is 61.6 Å². The van der Waals surface area contributed by atoms with Crippen molar-refractivity contribution in [2.24, 2.45) is 4.99 Å². The summed E-state index contributed by atoms with van der Waals surface area (Å²) in [5.41, 5.74) is 5.00. The fourth-order valence-electron chi connectivity index (χ4n) is 2.58. The molecule has 1 atom stereocenters. The van der Waals surface area contributed by atoms with Crippen LogP contribution in [0.4, 0.5) is 0 Å². The molecule has 0 fully saturated rings. The number of ether oxygens (including phenoxy) is 2. The molecule has 2 rings (SSSR count). The van der Waals surface area contributed by atoms with Crippen molar-refractivity contribution in [1.82, 2.24) is 10.8 Å². The van der Waals surface area contributed by atoms with Crippen LogP contribution in [0.3, 0.4) is 0 Å². The molecule has 8 heteroatoms. The molecular formula is C22H25N3O4S. The standard InChI is InChI=1S/C22H25N3O4S/c1-16(24-22(30)17-8-5-4-6-9-17)12-13-28-19-11-7-10-18(14-20(19)27-3)21(23-2)25-29-15-26/h4-12,14-15,19H,13H2,1-3H3,(H,23,25)(H,24,30)/b16-12+. The first-order valence-electron chi connectivity index (χ1n) is 9.20. The molecule has 0 aromatic heterocycles. The third-order valence-electron chi connectivity index (χ3n) is 4.09. The smallest absolute Gasteiger partial charge is 0.320 e. The highest BCUT2D eigenvalue weighted by Gasteiger charge is 2.17. The zero-order valence-corrected chi connectivity index (χ0v) is 17.9. The Hall–Kier alpha value is -3.23. The number of carbonyl (C=O) groups excluding carboxylic acids is 1. The molecule has 1 aliphatic rings. The Bertz CT molecular complexity index is 889. The van der Waals surface area contributed by atoms with Crippen molar-refractivity contribution in [2.75, 3.05) is 20.8 Å². The molecule has 0 saturated carbocycles. The summed E-state index contributed by atoms with van der Waals surface area (Å²) < 4.78 is 11.4. The highest BCUT2D eigenvalue weighted by atomic mass is 32.1. The summed E-state index contributed by atoms with van der Waals surface area (Å²) in [6, 6.07) is 9.75. The largest absolute Gasteiger partial charge is 0.498 e. The maximum atomic E-state index is 10.4. The molecule has 158 valence electrons. The zero-order valence-electron chi connectivity index (χ0n) is 17.1. The summed E-state index contributed by atoms with van der Waals surface area (Å²) >= 11 is 5.42. The van der Waals surface area contributed by atoms with Gasteiger partial charge in [-0.15, -0.1) is 0 Å². The van der Waals surface area contributed by atoms with E-state index in [9.17, 15) is 4.79 Å². The number of carbonyl (C=O) groups is 1. The van der Waals surface area contributed by atoms with Crippen molar-refractivity contribution >= 4 is 29.5 Å². The molecule has 30 heavy (non-hydrogen) atoms. The van der Waals surface area contributed by atoms with Gasteiger partial charge in [0.25, 0.3) is 0 Å². The van der Waals surface area contributed by atoms with Crippen LogP contribution in [-0.2, 0) is 19.1 Å². The summed E-state index contributed by atoms with van der Waals surface area (Å²) in [5, 5.41) is 3.19. The molecule has 0 saturated heterocycles. The second-order valence-electron chi connectivity index (χ2n) is 6.11. The number of nitrogens with zero attached hydrogens (tertiary/aromatic N) is 1. The molecule has 1 aromatic carbocycles. The van der Waals surface area contributed by atoms with E-state index >= 15 is 0 Å². The Morgan fingerprint density at radius 2 is 2.07 bits per heavy atom. The van der Waals surface area contributed by atoms with Gasteiger partial charge >= 0.3 is 6.47 Å². The van der Waals surface area contributed by atoms with Gasteiger partial charge in [0.05, 0.1) is 13.7 Å². The van der Waals surface area contributed by atoms with Crippen LogP contribution in [0.1, 0.15) is 12.5 Å². The Balaban J connectivity index is 1.98. The lowest BCUT2D eigenvalue weighted by Gasteiger charge is -2.16. The van der Waals surface area contributed by atoms with E-state index in [-0.39, 0.29) is 12.6 Å². The van der Waals surface area contributed by atoms with E-state index in [1.54, 1.807) is 20.2 Å². The number of aliphatic imine (C=N–C) groups is 1. The molecular weight excluding hydrogens is 402 g/mol. The van der Waals surface area contributed by atoms with Crippen LogP contribution in [0.15, 0.2) is 82.7 Å². The van der Waals surface area contributed by atoms with Crippen molar-refractivity contribution in [3.63, 3.8) is 0 Å². The second-order valence-corrected chi connectivity index (χ2v) is 6.52. The summed E-state index contributed by atoms with van der Waals surface area (Å²) in [6.07, 6.45) is 8.80. The van der Waals surface area contributed by atoms with Gasteiger partial charge in [0, 0.05) is 23.9 Å². The van der Waals surface area contributed by atoms with Gasteiger partial charge in [-0.1, -0.05) is 54.7 Å². The highest BCUT2D eigenvalue weighted by Crippen LogP contribution is 2.17. The average molecular weight is 428 g/mol. The number of hydroxylamine groups is 1. The quantitative estimate of drug-likeness (QED) is 0.206. The molecule has 0 heterocycles. The number of methoxy groups -OCH3 is 1. The minimum atomic E-state index is -0.390. The molecule has 0 spiro atoms. The van der Waals surface area contributed by atoms with E-state index in [4.69, 9.17) is 21.7 Å². The van der Waals surface area contributed by atoms with Crippen LogP contribution in [0.25, 0.3) is 0 Å². The van der Waals surface area contributed by atoms with Crippen LogP contribution in [-0.4, -0.2) is 44.2 Å². The summed E-state index contributed by atoms with van der Waals surface area (Å²) in [7, 11) is 3.15. The van der Waals surface area contributed by atoms with Gasteiger partial charge < -0.3 is 19.6 Å². The van der Waals surface area contributed by atoms with Crippen molar-refractivity contribution in [3.8, 4) is 0 Å². The Morgan fingerprint density at radius 1 is 1.30 bits per heavy atom. The molecule has 0 radical (unpaired) electrons. The summed E-state index contributed by atoms with van der Waals surface area (Å²) in [4.78, 5) is 19.7. The summed E-state index contributed by atoms with van der Waals surface area (Å²) in [6.45, 7) is 2.57. The molecule has 1 aromatic rings. The molecule has 2 N–H and O–H groups in total. The van der Waals surface area contributed by atoms with Crippen molar-refractivity contribution in [1.29, 1.82) is 0 Å². The molecule has 0 amide bonds. The second kappa shape index (κ2) is 12.4. The van der Waals surface area contributed by atoms with Gasteiger partial charge in [-0.2, -0.15) is 0 Å². The minimum Gasteiger partial charge on any atom is -0.498 e. The number of allylic oxidation sites excluding steroid dienone is 3. The van der Waals surface area contributed by atoms with Crippen LogP contribution in [0.5, 0.6) is 0 Å². The number of thiocarbonyl (C=S) groups is 1. The fourth-order valence-corrected chi connectivity index (χ4v) is 2.88.